The molecule has 1 spiro atoms. The predicted molar refractivity (Wildman–Crippen MR) is 95.2 cm³/mol. The number of amides is 2. The van der Waals surface area contributed by atoms with Crippen molar-refractivity contribution in [1.82, 2.24) is 4.90 Å². The Kier molecular flexibility index (Phi) is 4.69. The third-order valence-electron chi connectivity index (χ3n) is 6.12. The molecule has 0 N–H and O–H groups in total. The van der Waals surface area contributed by atoms with Crippen molar-refractivity contribution in [1.29, 1.82) is 0 Å². The van der Waals surface area contributed by atoms with Crippen LogP contribution in [-0.4, -0.2) is 49.6 Å². The van der Waals surface area contributed by atoms with Crippen molar-refractivity contribution >= 4 is 17.5 Å². The van der Waals surface area contributed by atoms with Crippen LogP contribution in [0.1, 0.15) is 32.1 Å². The maximum Gasteiger partial charge on any atom is 0.228 e. The summed E-state index contributed by atoms with van der Waals surface area (Å²) in [4.78, 5) is 29.0. The van der Waals surface area contributed by atoms with E-state index in [2.05, 4.69) is 0 Å². The number of halogens is 1. The van der Waals surface area contributed by atoms with E-state index in [1.54, 1.807) is 17.0 Å². The number of benzene rings is 1. The third kappa shape index (κ3) is 3.34. The van der Waals surface area contributed by atoms with Gasteiger partial charge in [0.1, 0.15) is 5.82 Å². The number of hydrogen-bond donors (Lipinski definition) is 0. The zero-order valence-electron chi connectivity index (χ0n) is 15.0. The van der Waals surface area contributed by atoms with E-state index in [0.717, 1.165) is 52.0 Å². The van der Waals surface area contributed by atoms with Crippen molar-refractivity contribution in [2.75, 3.05) is 37.7 Å². The van der Waals surface area contributed by atoms with Crippen LogP contribution in [0.25, 0.3) is 0 Å². The highest BCUT2D eigenvalue weighted by atomic mass is 19.1. The monoisotopic (exact) mass is 360 g/mol. The Hall–Kier alpha value is -1.95. The SMILES string of the molecule is O=C([C@@H]1CC(=O)N(c2cccc(F)c2)C1)N1CCCC2(CCOCC2)C1. The predicted octanol–water partition coefficient (Wildman–Crippen LogP) is 2.60. The quantitative estimate of drug-likeness (QED) is 0.815. The molecular formula is C20H25FN2O3. The Morgan fingerprint density at radius 2 is 2.04 bits per heavy atom. The highest BCUT2D eigenvalue weighted by molar-refractivity contribution is 6.00. The molecule has 5 nitrogen and oxygen atoms in total. The van der Waals surface area contributed by atoms with Crippen molar-refractivity contribution < 1.29 is 18.7 Å². The van der Waals surface area contributed by atoms with E-state index in [0.29, 0.717) is 12.2 Å². The standard InChI is InChI=1S/C20H25FN2O3/c21-16-3-1-4-17(12-16)23-13-15(11-18(23)24)19(25)22-8-2-5-20(14-22)6-9-26-10-7-20/h1,3-4,12,15H,2,5-11,13-14H2/t15-/m1/s1. The van der Waals surface area contributed by atoms with E-state index < -0.39 is 0 Å². The van der Waals surface area contributed by atoms with Gasteiger partial charge < -0.3 is 14.5 Å². The molecule has 3 aliphatic rings. The lowest BCUT2D eigenvalue weighted by Crippen LogP contribution is -2.50. The molecule has 1 aromatic carbocycles. The Morgan fingerprint density at radius 3 is 2.81 bits per heavy atom. The van der Waals surface area contributed by atoms with Gasteiger partial charge in [-0.05, 0) is 49.3 Å². The number of rotatable bonds is 2. The Bertz CT molecular complexity index is 697. The molecule has 4 rings (SSSR count). The lowest BCUT2D eigenvalue weighted by atomic mass is 9.73. The number of hydrogen-bond acceptors (Lipinski definition) is 3. The minimum atomic E-state index is -0.373. The zero-order valence-corrected chi connectivity index (χ0v) is 15.0. The van der Waals surface area contributed by atoms with Crippen molar-refractivity contribution in [3.05, 3.63) is 30.1 Å². The first-order chi connectivity index (χ1) is 12.6. The molecule has 1 aromatic rings. The summed E-state index contributed by atoms with van der Waals surface area (Å²) in [5.74, 6) is -0.738. The number of carbonyl (C=O) groups excluding carboxylic acids is 2. The van der Waals surface area contributed by atoms with Crippen LogP contribution in [0.5, 0.6) is 0 Å². The van der Waals surface area contributed by atoms with Gasteiger partial charge >= 0.3 is 0 Å². The molecule has 140 valence electrons. The molecule has 0 aromatic heterocycles. The van der Waals surface area contributed by atoms with E-state index in [1.807, 2.05) is 4.90 Å². The van der Waals surface area contributed by atoms with Gasteiger partial charge in [-0.1, -0.05) is 6.07 Å². The molecule has 3 saturated heterocycles. The summed E-state index contributed by atoms with van der Waals surface area (Å²) in [6.07, 6.45) is 4.40. The lowest BCUT2D eigenvalue weighted by Gasteiger charge is -2.45. The number of anilines is 1. The van der Waals surface area contributed by atoms with Crippen LogP contribution in [0, 0.1) is 17.2 Å². The molecule has 0 radical (unpaired) electrons. The first kappa shape index (κ1) is 17.5. The summed E-state index contributed by atoms with van der Waals surface area (Å²) in [5.41, 5.74) is 0.724. The van der Waals surface area contributed by atoms with E-state index in [4.69, 9.17) is 4.74 Å². The van der Waals surface area contributed by atoms with Gasteiger partial charge in [0, 0.05) is 45.0 Å². The largest absolute Gasteiger partial charge is 0.381 e. The van der Waals surface area contributed by atoms with Gasteiger partial charge in [-0.25, -0.2) is 4.39 Å². The Morgan fingerprint density at radius 1 is 1.23 bits per heavy atom. The molecule has 0 unspecified atom stereocenters. The van der Waals surface area contributed by atoms with Gasteiger partial charge in [-0.2, -0.15) is 0 Å². The molecular weight excluding hydrogens is 335 g/mol. The fraction of sp³-hybridized carbons (Fsp3) is 0.600. The highest BCUT2D eigenvalue weighted by Crippen LogP contribution is 2.40. The minimum absolute atomic E-state index is 0.0721. The van der Waals surface area contributed by atoms with Gasteiger partial charge in [-0.15, -0.1) is 0 Å². The van der Waals surface area contributed by atoms with Crippen molar-refractivity contribution in [2.24, 2.45) is 11.3 Å². The first-order valence-electron chi connectivity index (χ1n) is 9.49. The van der Waals surface area contributed by atoms with Crippen molar-refractivity contribution in [3.63, 3.8) is 0 Å². The number of likely N-dealkylation sites (tertiary alicyclic amines) is 1. The van der Waals surface area contributed by atoms with Crippen LogP contribution in [0.2, 0.25) is 0 Å². The maximum absolute atomic E-state index is 13.5. The summed E-state index contributed by atoms with van der Waals surface area (Å²) in [5, 5.41) is 0. The maximum atomic E-state index is 13.5. The van der Waals surface area contributed by atoms with E-state index in [1.165, 1.54) is 12.1 Å². The van der Waals surface area contributed by atoms with Gasteiger partial charge in [0.25, 0.3) is 0 Å². The number of nitrogens with zero attached hydrogens (tertiary/aromatic N) is 2. The van der Waals surface area contributed by atoms with Crippen LogP contribution >= 0.6 is 0 Å². The van der Waals surface area contributed by atoms with Gasteiger partial charge in [0.2, 0.25) is 11.8 Å². The first-order valence-corrected chi connectivity index (χ1v) is 9.49. The second-order valence-corrected chi connectivity index (χ2v) is 7.86. The second-order valence-electron chi connectivity index (χ2n) is 7.86. The molecule has 3 fully saturated rings. The lowest BCUT2D eigenvalue weighted by molar-refractivity contribution is -0.141. The van der Waals surface area contributed by atoms with E-state index in [-0.39, 0.29) is 35.4 Å². The van der Waals surface area contributed by atoms with Crippen LogP contribution in [0.4, 0.5) is 10.1 Å². The van der Waals surface area contributed by atoms with Crippen LogP contribution in [0.15, 0.2) is 24.3 Å². The summed E-state index contributed by atoms with van der Waals surface area (Å²) >= 11 is 0. The third-order valence-corrected chi connectivity index (χ3v) is 6.12. The van der Waals surface area contributed by atoms with Gasteiger partial charge in [0.15, 0.2) is 0 Å². The molecule has 0 saturated carbocycles. The Balaban J connectivity index is 1.44. The molecule has 0 aliphatic carbocycles. The van der Waals surface area contributed by atoms with E-state index >= 15 is 0 Å². The number of piperidine rings is 1. The van der Waals surface area contributed by atoms with Crippen molar-refractivity contribution in [3.8, 4) is 0 Å². The number of carbonyl (C=O) groups is 2. The normalized spacial score (nSPS) is 25.7. The number of ether oxygens (including phenoxy) is 1. The van der Waals surface area contributed by atoms with Crippen LogP contribution in [-0.2, 0) is 14.3 Å². The highest BCUT2D eigenvalue weighted by Gasteiger charge is 2.42. The Labute approximate surface area is 153 Å². The summed E-state index contributed by atoms with van der Waals surface area (Å²) < 4.78 is 19.0. The molecule has 0 bridgehead atoms. The average Bonchev–Trinajstić information content (AvgIpc) is 3.03. The van der Waals surface area contributed by atoms with Crippen LogP contribution < -0.4 is 4.90 Å². The fourth-order valence-electron chi connectivity index (χ4n) is 4.63. The molecule has 6 heteroatoms. The smallest absolute Gasteiger partial charge is 0.228 e. The summed E-state index contributed by atoms with van der Waals surface area (Å²) in [7, 11) is 0. The van der Waals surface area contributed by atoms with Gasteiger partial charge in [0.05, 0.1) is 5.92 Å². The molecule has 3 aliphatic heterocycles. The average molecular weight is 360 g/mol. The molecule has 2 amide bonds. The summed E-state index contributed by atoms with van der Waals surface area (Å²) in [6.45, 7) is 3.44. The van der Waals surface area contributed by atoms with Gasteiger partial charge in [-0.3, -0.25) is 9.59 Å². The fourth-order valence-corrected chi connectivity index (χ4v) is 4.63. The van der Waals surface area contributed by atoms with Crippen molar-refractivity contribution in [2.45, 2.75) is 32.1 Å². The molecule has 3 heterocycles. The second kappa shape index (κ2) is 6.99. The zero-order chi connectivity index (χ0) is 18.1. The van der Waals surface area contributed by atoms with Crippen LogP contribution in [0.3, 0.4) is 0 Å². The molecule has 1 atom stereocenters. The molecule has 26 heavy (non-hydrogen) atoms. The summed E-state index contributed by atoms with van der Waals surface area (Å²) in [6, 6.07) is 6.01. The van der Waals surface area contributed by atoms with E-state index in [9.17, 15) is 14.0 Å². The minimum Gasteiger partial charge on any atom is -0.381 e. The topological polar surface area (TPSA) is 49.9 Å².